The van der Waals surface area contributed by atoms with E-state index in [1.165, 1.54) is 7.11 Å². The highest BCUT2D eigenvalue weighted by Crippen LogP contribution is 2.36. The van der Waals surface area contributed by atoms with Crippen molar-refractivity contribution in [3.8, 4) is 17.2 Å². The van der Waals surface area contributed by atoms with Crippen molar-refractivity contribution in [3.63, 3.8) is 0 Å². The van der Waals surface area contributed by atoms with E-state index in [0.29, 0.717) is 35.4 Å². The lowest BCUT2D eigenvalue weighted by Gasteiger charge is -2.15. The molecule has 6 nitrogen and oxygen atoms in total. The van der Waals surface area contributed by atoms with Gasteiger partial charge in [-0.05, 0) is 73.5 Å². The monoisotopic (exact) mass is 454 g/mol. The Morgan fingerprint density at radius 1 is 1.00 bits per heavy atom. The third-order valence-corrected chi connectivity index (χ3v) is 4.88. The summed E-state index contributed by atoms with van der Waals surface area (Å²) in [5.74, 6) is 1.34. The molecule has 0 bridgehead atoms. The van der Waals surface area contributed by atoms with Crippen LogP contribution in [0.1, 0.15) is 18.1 Å². The van der Waals surface area contributed by atoms with Gasteiger partial charge in [-0.1, -0.05) is 23.7 Å². The number of methoxy groups -OCH3 is 1. The number of anilines is 2. The number of halogens is 1. The van der Waals surface area contributed by atoms with E-state index in [1.807, 2.05) is 68.4 Å². The van der Waals surface area contributed by atoms with Gasteiger partial charge in [0.1, 0.15) is 5.75 Å². The van der Waals surface area contributed by atoms with Crippen LogP contribution in [0.5, 0.6) is 17.2 Å². The molecule has 168 valence electrons. The molecule has 3 rings (SSSR count). The third kappa shape index (κ3) is 6.56. The van der Waals surface area contributed by atoms with Crippen LogP contribution in [0.15, 0.2) is 60.7 Å². The molecule has 0 aliphatic heterocycles. The van der Waals surface area contributed by atoms with E-state index in [-0.39, 0.29) is 12.5 Å². The molecule has 7 heteroatoms. The summed E-state index contributed by atoms with van der Waals surface area (Å²) in [6.07, 6.45) is 0. The minimum absolute atomic E-state index is 0.187. The zero-order chi connectivity index (χ0) is 22.9. The van der Waals surface area contributed by atoms with Crippen LogP contribution >= 0.6 is 11.6 Å². The van der Waals surface area contributed by atoms with Gasteiger partial charge in [0.2, 0.25) is 0 Å². The fourth-order valence-electron chi connectivity index (χ4n) is 3.11. The summed E-state index contributed by atoms with van der Waals surface area (Å²) in [5.41, 5.74) is 3.64. The summed E-state index contributed by atoms with van der Waals surface area (Å²) < 4.78 is 16.6. The highest BCUT2D eigenvalue weighted by atomic mass is 35.5. The van der Waals surface area contributed by atoms with Gasteiger partial charge >= 0.3 is 0 Å². The van der Waals surface area contributed by atoms with Crippen LogP contribution < -0.4 is 24.8 Å². The molecule has 0 fully saturated rings. The van der Waals surface area contributed by atoms with Gasteiger partial charge in [0.15, 0.2) is 18.1 Å². The maximum absolute atomic E-state index is 12.3. The first-order chi connectivity index (χ1) is 15.5. The number of rotatable bonds is 10. The largest absolute Gasteiger partial charge is 0.494 e. The molecular formula is C25H27ClN2O4. The Hall–Kier alpha value is -3.38. The van der Waals surface area contributed by atoms with Crippen molar-refractivity contribution in [2.45, 2.75) is 20.4 Å². The Kier molecular flexibility index (Phi) is 8.22. The van der Waals surface area contributed by atoms with Crippen LogP contribution in [-0.2, 0) is 11.3 Å². The van der Waals surface area contributed by atoms with Gasteiger partial charge in [-0.15, -0.1) is 0 Å². The molecule has 0 atom stereocenters. The van der Waals surface area contributed by atoms with E-state index in [0.717, 1.165) is 22.6 Å². The lowest BCUT2D eigenvalue weighted by Crippen LogP contribution is -2.20. The second-order valence-corrected chi connectivity index (χ2v) is 7.53. The molecule has 0 aliphatic carbocycles. The Morgan fingerprint density at radius 2 is 1.78 bits per heavy atom. The first-order valence-corrected chi connectivity index (χ1v) is 10.7. The molecule has 0 unspecified atom stereocenters. The zero-order valence-corrected chi connectivity index (χ0v) is 19.2. The number of hydrogen-bond acceptors (Lipinski definition) is 5. The van der Waals surface area contributed by atoms with Crippen LogP contribution in [0.25, 0.3) is 0 Å². The number of ether oxygens (including phenoxy) is 3. The summed E-state index contributed by atoms with van der Waals surface area (Å²) in [6.45, 7) is 4.90. The highest BCUT2D eigenvalue weighted by molar-refractivity contribution is 6.32. The molecule has 32 heavy (non-hydrogen) atoms. The summed E-state index contributed by atoms with van der Waals surface area (Å²) in [5, 5.41) is 6.51. The van der Waals surface area contributed by atoms with Crippen LogP contribution in [0.4, 0.5) is 11.4 Å². The van der Waals surface area contributed by atoms with E-state index in [4.69, 9.17) is 25.8 Å². The van der Waals surface area contributed by atoms with Gasteiger partial charge in [0, 0.05) is 17.9 Å². The number of aryl methyl sites for hydroxylation is 1. The second kappa shape index (κ2) is 11.3. The van der Waals surface area contributed by atoms with E-state index in [9.17, 15) is 4.79 Å². The minimum atomic E-state index is -0.282. The smallest absolute Gasteiger partial charge is 0.262 e. The molecule has 0 aromatic heterocycles. The fourth-order valence-corrected chi connectivity index (χ4v) is 3.40. The minimum Gasteiger partial charge on any atom is -0.494 e. The van der Waals surface area contributed by atoms with Gasteiger partial charge in [0.05, 0.1) is 18.7 Å². The predicted molar refractivity (Wildman–Crippen MR) is 128 cm³/mol. The fraction of sp³-hybridized carbons (Fsp3) is 0.240. The summed E-state index contributed by atoms with van der Waals surface area (Å²) >= 11 is 6.43. The number of carbonyl (C=O) groups is 1. The molecule has 0 radical (unpaired) electrons. The molecule has 3 aromatic carbocycles. The van der Waals surface area contributed by atoms with Crippen molar-refractivity contribution in [2.24, 2.45) is 0 Å². The Labute approximate surface area is 193 Å². The molecule has 0 aliphatic rings. The first-order valence-electron chi connectivity index (χ1n) is 10.3. The quantitative estimate of drug-likeness (QED) is 0.412. The molecule has 0 saturated carbocycles. The summed E-state index contributed by atoms with van der Waals surface area (Å²) in [6, 6.07) is 18.9. The van der Waals surface area contributed by atoms with Gasteiger partial charge in [0.25, 0.3) is 5.91 Å². The molecule has 0 saturated heterocycles. The average molecular weight is 455 g/mol. The maximum Gasteiger partial charge on any atom is 0.262 e. The maximum atomic E-state index is 12.3. The Balaban J connectivity index is 1.60. The zero-order valence-electron chi connectivity index (χ0n) is 18.4. The molecule has 3 aromatic rings. The van der Waals surface area contributed by atoms with Crippen molar-refractivity contribution >= 4 is 28.9 Å². The van der Waals surface area contributed by atoms with Crippen molar-refractivity contribution in [1.82, 2.24) is 0 Å². The molecule has 0 heterocycles. The van der Waals surface area contributed by atoms with Crippen LogP contribution in [0, 0.1) is 6.92 Å². The second-order valence-electron chi connectivity index (χ2n) is 7.13. The SMILES string of the molecule is CCOc1ccc(NCc2cc(Cl)c(OCC(=O)Nc3cccc(C)c3)c(OC)c2)cc1. The predicted octanol–water partition coefficient (Wildman–Crippen LogP) is 5.69. The normalized spacial score (nSPS) is 10.4. The van der Waals surface area contributed by atoms with E-state index in [2.05, 4.69) is 10.6 Å². The first kappa shape index (κ1) is 23.3. The topological polar surface area (TPSA) is 68.8 Å². The number of carbonyl (C=O) groups excluding carboxylic acids is 1. The van der Waals surface area contributed by atoms with E-state index < -0.39 is 0 Å². The van der Waals surface area contributed by atoms with Crippen molar-refractivity contribution in [1.29, 1.82) is 0 Å². The summed E-state index contributed by atoms with van der Waals surface area (Å²) in [7, 11) is 1.54. The number of nitrogens with one attached hydrogen (secondary N) is 2. The van der Waals surface area contributed by atoms with Gasteiger partial charge in [-0.3, -0.25) is 4.79 Å². The Bertz CT molecular complexity index is 1050. The number of benzene rings is 3. The van der Waals surface area contributed by atoms with Gasteiger partial charge in [-0.2, -0.15) is 0 Å². The van der Waals surface area contributed by atoms with Crippen molar-refractivity contribution in [3.05, 3.63) is 76.8 Å². The third-order valence-electron chi connectivity index (χ3n) is 4.60. The van der Waals surface area contributed by atoms with Crippen molar-refractivity contribution < 1.29 is 19.0 Å². The molecule has 0 spiro atoms. The number of hydrogen-bond donors (Lipinski definition) is 2. The number of amides is 1. The Morgan fingerprint density at radius 3 is 2.47 bits per heavy atom. The lowest BCUT2D eigenvalue weighted by atomic mass is 10.2. The lowest BCUT2D eigenvalue weighted by molar-refractivity contribution is -0.118. The van der Waals surface area contributed by atoms with Crippen molar-refractivity contribution in [2.75, 3.05) is 31.0 Å². The standard InChI is InChI=1S/C25H27ClN2O4/c1-4-31-21-10-8-19(9-11-21)27-15-18-13-22(26)25(23(14-18)30-3)32-16-24(29)28-20-7-5-6-17(2)12-20/h5-14,27H,4,15-16H2,1-3H3,(H,28,29). The summed E-state index contributed by atoms with van der Waals surface area (Å²) in [4.78, 5) is 12.3. The molecule has 2 N–H and O–H groups in total. The van der Waals surface area contributed by atoms with Crippen LogP contribution in [0.2, 0.25) is 5.02 Å². The van der Waals surface area contributed by atoms with E-state index >= 15 is 0 Å². The molecule has 1 amide bonds. The van der Waals surface area contributed by atoms with Crippen LogP contribution in [0.3, 0.4) is 0 Å². The van der Waals surface area contributed by atoms with Crippen LogP contribution in [-0.4, -0.2) is 26.2 Å². The van der Waals surface area contributed by atoms with Gasteiger partial charge in [-0.25, -0.2) is 0 Å². The van der Waals surface area contributed by atoms with E-state index in [1.54, 1.807) is 6.07 Å². The highest BCUT2D eigenvalue weighted by Gasteiger charge is 2.14. The average Bonchev–Trinajstić information content (AvgIpc) is 2.77. The van der Waals surface area contributed by atoms with Gasteiger partial charge < -0.3 is 24.8 Å². The molecular weight excluding hydrogens is 428 g/mol.